The van der Waals surface area contributed by atoms with E-state index in [1.165, 1.54) is 0 Å². The molecular weight excluding hydrogens is 269 g/mol. The van der Waals surface area contributed by atoms with E-state index in [1.54, 1.807) is 30.3 Å². The molecule has 0 aliphatic heterocycles. The molecule has 2 rings (SSSR count). The average molecular weight is 278 g/mol. The van der Waals surface area contributed by atoms with E-state index in [4.69, 9.17) is 33.2 Å². The fourth-order valence-electron chi connectivity index (χ4n) is 1.53. The highest BCUT2D eigenvalue weighted by atomic mass is 35.5. The van der Waals surface area contributed by atoms with Crippen molar-refractivity contribution in [2.45, 2.75) is 5.88 Å². The Kier molecular flexibility index (Phi) is 4.09. The van der Waals surface area contributed by atoms with E-state index in [0.29, 0.717) is 28.0 Å². The van der Waals surface area contributed by atoms with Crippen LogP contribution < -0.4 is 4.74 Å². The summed E-state index contributed by atoms with van der Waals surface area (Å²) in [5.41, 5.74) is 1.25. The highest BCUT2D eigenvalue weighted by Gasteiger charge is 2.11. The Morgan fingerprint density at radius 3 is 2.61 bits per heavy atom. The van der Waals surface area contributed by atoms with Crippen LogP contribution in [0.15, 0.2) is 42.5 Å². The van der Waals surface area contributed by atoms with Crippen LogP contribution in [0.4, 0.5) is 0 Å². The molecule has 0 amide bonds. The molecule has 0 spiro atoms. The minimum Gasteiger partial charge on any atom is -0.454 e. The van der Waals surface area contributed by atoms with Crippen LogP contribution >= 0.6 is 23.2 Å². The van der Waals surface area contributed by atoms with Crippen molar-refractivity contribution < 1.29 is 4.74 Å². The molecule has 2 aromatic carbocycles. The predicted octanol–water partition coefficient (Wildman–Crippen LogP) is 4.74. The molecule has 0 bridgehead atoms. The average Bonchev–Trinajstić information content (AvgIpc) is 2.41. The lowest BCUT2D eigenvalue weighted by molar-refractivity contribution is 0.477. The van der Waals surface area contributed by atoms with Crippen molar-refractivity contribution in [2.75, 3.05) is 0 Å². The largest absolute Gasteiger partial charge is 0.454 e. The third-order valence-corrected chi connectivity index (χ3v) is 3.00. The Hall–Kier alpha value is -1.69. The van der Waals surface area contributed by atoms with Crippen LogP contribution in [-0.4, -0.2) is 0 Å². The van der Waals surface area contributed by atoms with Gasteiger partial charge in [-0.25, -0.2) is 0 Å². The first-order valence-corrected chi connectivity index (χ1v) is 6.18. The summed E-state index contributed by atoms with van der Waals surface area (Å²) in [5.74, 6) is 1.27. The van der Waals surface area contributed by atoms with Crippen LogP contribution in [-0.2, 0) is 5.88 Å². The summed E-state index contributed by atoms with van der Waals surface area (Å²) < 4.78 is 5.71. The van der Waals surface area contributed by atoms with Crippen molar-refractivity contribution in [2.24, 2.45) is 0 Å². The van der Waals surface area contributed by atoms with Gasteiger partial charge in [0, 0.05) is 5.56 Å². The minimum atomic E-state index is 0.296. The molecule has 4 heteroatoms. The van der Waals surface area contributed by atoms with Crippen LogP contribution in [0.1, 0.15) is 11.1 Å². The number of nitriles is 1. The normalized spacial score (nSPS) is 9.83. The van der Waals surface area contributed by atoms with Crippen molar-refractivity contribution in [3.63, 3.8) is 0 Å². The summed E-state index contributed by atoms with van der Waals surface area (Å²) in [6.45, 7) is 0. The number of alkyl halides is 1. The predicted molar refractivity (Wildman–Crippen MR) is 72.2 cm³/mol. The van der Waals surface area contributed by atoms with Crippen molar-refractivity contribution in [3.8, 4) is 17.6 Å². The molecule has 0 aromatic heterocycles. The summed E-state index contributed by atoms with van der Waals surface area (Å²) >= 11 is 11.9. The monoisotopic (exact) mass is 277 g/mol. The second-order valence-electron chi connectivity index (χ2n) is 3.57. The third kappa shape index (κ3) is 2.59. The molecule has 0 saturated carbocycles. The number of nitrogens with zero attached hydrogens (tertiary/aromatic N) is 1. The lowest BCUT2D eigenvalue weighted by Gasteiger charge is -2.12. The van der Waals surface area contributed by atoms with Crippen molar-refractivity contribution in [1.82, 2.24) is 0 Å². The number of hydrogen-bond acceptors (Lipinski definition) is 2. The first kappa shape index (κ1) is 12.8. The van der Waals surface area contributed by atoms with E-state index in [2.05, 4.69) is 6.07 Å². The van der Waals surface area contributed by atoms with Gasteiger partial charge in [0.2, 0.25) is 0 Å². The number of ether oxygens (including phenoxy) is 1. The Balaban J connectivity index is 2.43. The summed E-state index contributed by atoms with van der Waals surface area (Å²) in [6, 6.07) is 14.4. The summed E-state index contributed by atoms with van der Waals surface area (Å²) in [6.07, 6.45) is 0. The Labute approximate surface area is 115 Å². The van der Waals surface area contributed by atoms with Gasteiger partial charge in [-0.1, -0.05) is 35.9 Å². The molecular formula is C14H9Cl2NO. The molecule has 2 aromatic rings. The molecule has 0 atom stereocenters. The fraction of sp³-hybridized carbons (Fsp3) is 0.0714. The zero-order valence-corrected chi connectivity index (χ0v) is 10.9. The molecule has 2 nitrogen and oxygen atoms in total. The first-order chi connectivity index (χ1) is 8.76. The van der Waals surface area contributed by atoms with Gasteiger partial charge in [0.25, 0.3) is 0 Å². The van der Waals surface area contributed by atoms with Crippen LogP contribution in [0.5, 0.6) is 11.5 Å². The van der Waals surface area contributed by atoms with Gasteiger partial charge in [0.15, 0.2) is 0 Å². The van der Waals surface area contributed by atoms with Gasteiger partial charge < -0.3 is 4.74 Å². The Morgan fingerprint density at radius 1 is 1.11 bits per heavy atom. The second kappa shape index (κ2) is 5.77. The molecule has 18 heavy (non-hydrogen) atoms. The lowest BCUT2D eigenvalue weighted by atomic mass is 10.2. The van der Waals surface area contributed by atoms with Gasteiger partial charge in [-0.3, -0.25) is 0 Å². The summed E-state index contributed by atoms with van der Waals surface area (Å²) in [4.78, 5) is 0. The topological polar surface area (TPSA) is 33.0 Å². The van der Waals surface area contributed by atoms with Gasteiger partial charge in [0.1, 0.15) is 17.6 Å². The number of rotatable bonds is 3. The van der Waals surface area contributed by atoms with Crippen LogP contribution in [0, 0.1) is 11.3 Å². The highest BCUT2D eigenvalue weighted by molar-refractivity contribution is 6.32. The summed E-state index contributed by atoms with van der Waals surface area (Å²) in [5, 5.41) is 9.48. The molecule has 90 valence electrons. The van der Waals surface area contributed by atoms with Crippen LogP contribution in [0.2, 0.25) is 5.02 Å². The zero-order chi connectivity index (χ0) is 13.0. The van der Waals surface area contributed by atoms with E-state index in [-0.39, 0.29) is 0 Å². The van der Waals surface area contributed by atoms with Gasteiger partial charge in [-0.15, -0.1) is 11.6 Å². The van der Waals surface area contributed by atoms with Crippen LogP contribution in [0.3, 0.4) is 0 Å². The van der Waals surface area contributed by atoms with E-state index >= 15 is 0 Å². The van der Waals surface area contributed by atoms with Gasteiger partial charge >= 0.3 is 0 Å². The molecule has 0 saturated heterocycles. The first-order valence-electron chi connectivity index (χ1n) is 5.26. The number of para-hydroxylation sites is 2. The summed E-state index contributed by atoms with van der Waals surface area (Å²) in [7, 11) is 0. The highest BCUT2D eigenvalue weighted by Crippen LogP contribution is 2.34. The number of hydrogen-bond donors (Lipinski definition) is 0. The lowest BCUT2D eigenvalue weighted by Crippen LogP contribution is -1.92. The van der Waals surface area contributed by atoms with E-state index in [9.17, 15) is 0 Å². The molecule has 0 unspecified atom stereocenters. The van der Waals surface area contributed by atoms with E-state index < -0.39 is 0 Å². The van der Waals surface area contributed by atoms with Crippen molar-refractivity contribution >= 4 is 23.2 Å². The maximum Gasteiger partial charge on any atom is 0.150 e. The molecule has 0 heterocycles. The number of benzene rings is 2. The number of halogens is 2. The molecule has 0 N–H and O–H groups in total. The van der Waals surface area contributed by atoms with Gasteiger partial charge in [0.05, 0.1) is 16.5 Å². The SMILES string of the molecule is N#Cc1ccccc1Oc1c(Cl)cccc1CCl. The third-order valence-electron chi connectivity index (χ3n) is 2.41. The van der Waals surface area contributed by atoms with Gasteiger partial charge in [-0.2, -0.15) is 5.26 Å². The smallest absolute Gasteiger partial charge is 0.150 e. The maximum atomic E-state index is 9.00. The Morgan fingerprint density at radius 2 is 1.89 bits per heavy atom. The molecule has 0 aliphatic rings. The van der Waals surface area contributed by atoms with Crippen LogP contribution in [0.25, 0.3) is 0 Å². The van der Waals surface area contributed by atoms with Gasteiger partial charge in [-0.05, 0) is 18.2 Å². The molecule has 0 aliphatic carbocycles. The maximum absolute atomic E-state index is 9.00. The quantitative estimate of drug-likeness (QED) is 0.759. The van der Waals surface area contributed by atoms with E-state index in [0.717, 1.165) is 5.56 Å². The van der Waals surface area contributed by atoms with E-state index in [1.807, 2.05) is 12.1 Å². The minimum absolute atomic E-state index is 0.296. The molecule has 0 radical (unpaired) electrons. The fourth-order valence-corrected chi connectivity index (χ4v) is 1.97. The molecule has 0 fully saturated rings. The van der Waals surface area contributed by atoms with Crippen molar-refractivity contribution in [3.05, 3.63) is 58.6 Å². The van der Waals surface area contributed by atoms with Crippen molar-refractivity contribution in [1.29, 1.82) is 5.26 Å². The Bertz CT molecular complexity index is 605. The second-order valence-corrected chi connectivity index (χ2v) is 4.25. The zero-order valence-electron chi connectivity index (χ0n) is 9.36. The standard InChI is InChI=1S/C14H9Cl2NO/c15-8-10-5-3-6-12(16)14(10)18-13-7-2-1-4-11(13)9-17/h1-7H,8H2.